The van der Waals surface area contributed by atoms with Crippen LogP contribution in [0.1, 0.15) is 46.3 Å². The average molecular weight is 355 g/mol. The minimum Gasteiger partial charge on any atom is -0.317 e. The van der Waals surface area contributed by atoms with Crippen LogP contribution < -0.4 is 5.32 Å². The lowest BCUT2D eigenvalue weighted by molar-refractivity contribution is 0.289. The van der Waals surface area contributed by atoms with Gasteiger partial charge >= 0.3 is 0 Å². The highest BCUT2D eigenvalue weighted by atomic mass is 32.1. The molecule has 25 heavy (non-hydrogen) atoms. The van der Waals surface area contributed by atoms with Crippen molar-refractivity contribution in [3.63, 3.8) is 0 Å². The molecule has 1 aliphatic carbocycles. The van der Waals surface area contributed by atoms with Crippen molar-refractivity contribution < 1.29 is 0 Å². The van der Waals surface area contributed by atoms with E-state index in [1.54, 1.807) is 5.56 Å². The lowest BCUT2D eigenvalue weighted by Gasteiger charge is -2.20. The predicted octanol–water partition coefficient (Wildman–Crippen LogP) is 3.09. The molecule has 0 amide bonds. The molecule has 1 N–H and O–H groups in total. The van der Waals surface area contributed by atoms with Crippen molar-refractivity contribution in [2.24, 2.45) is 5.92 Å². The lowest BCUT2D eigenvalue weighted by Crippen LogP contribution is -2.26. The highest BCUT2D eigenvalue weighted by Crippen LogP contribution is 2.59. The molecule has 2 aromatic rings. The third-order valence-electron chi connectivity index (χ3n) is 6.37. The SMILES string of the molecule is Cc1ccc([C@]23C[C@H]2CN(Cc2nnc(C4CCNCC4)s2)C3)cc1. The minimum absolute atomic E-state index is 0.427. The zero-order valence-electron chi connectivity index (χ0n) is 14.9. The van der Waals surface area contributed by atoms with E-state index in [1.807, 2.05) is 11.3 Å². The van der Waals surface area contributed by atoms with Crippen molar-refractivity contribution in [1.82, 2.24) is 20.4 Å². The molecule has 3 fully saturated rings. The normalized spacial score (nSPS) is 29.7. The maximum Gasteiger partial charge on any atom is 0.131 e. The molecule has 2 saturated heterocycles. The van der Waals surface area contributed by atoms with Gasteiger partial charge in [0.15, 0.2) is 0 Å². The van der Waals surface area contributed by atoms with Crippen LogP contribution in [0.4, 0.5) is 0 Å². The molecule has 0 radical (unpaired) electrons. The van der Waals surface area contributed by atoms with Crippen LogP contribution in [0.15, 0.2) is 24.3 Å². The smallest absolute Gasteiger partial charge is 0.131 e. The monoisotopic (exact) mass is 354 g/mol. The molecule has 4 nitrogen and oxygen atoms in total. The summed E-state index contributed by atoms with van der Waals surface area (Å²) < 4.78 is 0. The molecule has 5 heteroatoms. The van der Waals surface area contributed by atoms with E-state index in [1.165, 1.54) is 47.9 Å². The first-order valence-corrected chi connectivity index (χ1v) is 10.4. The molecule has 0 bridgehead atoms. The van der Waals surface area contributed by atoms with Crippen molar-refractivity contribution in [1.29, 1.82) is 0 Å². The Kier molecular flexibility index (Phi) is 3.91. The van der Waals surface area contributed by atoms with Crippen LogP contribution in [-0.4, -0.2) is 41.3 Å². The highest BCUT2D eigenvalue weighted by molar-refractivity contribution is 7.11. The molecule has 3 heterocycles. The third kappa shape index (κ3) is 2.92. The van der Waals surface area contributed by atoms with E-state index in [4.69, 9.17) is 0 Å². The van der Waals surface area contributed by atoms with Crippen LogP contribution >= 0.6 is 11.3 Å². The Morgan fingerprint density at radius 1 is 1.20 bits per heavy atom. The third-order valence-corrected chi connectivity index (χ3v) is 7.44. The van der Waals surface area contributed by atoms with Gasteiger partial charge in [-0.05, 0) is 50.8 Å². The molecule has 1 aromatic heterocycles. The van der Waals surface area contributed by atoms with Gasteiger partial charge < -0.3 is 5.32 Å². The summed E-state index contributed by atoms with van der Waals surface area (Å²) in [5.41, 5.74) is 3.32. The number of aromatic nitrogens is 2. The molecule has 3 aliphatic rings. The standard InChI is InChI=1S/C20H26N4S/c1-14-2-4-16(5-3-14)20-10-17(20)11-24(13-20)12-18-22-23-19(25-18)15-6-8-21-9-7-15/h2-5,15,17,21H,6-13H2,1H3/t17-,20+/m0/s1. The van der Waals surface area contributed by atoms with Gasteiger partial charge in [0.1, 0.15) is 10.0 Å². The van der Waals surface area contributed by atoms with Crippen molar-refractivity contribution in [2.75, 3.05) is 26.2 Å². The Bertz CT molecular complexity index is 749. The van der Waals surface area contributed by atoms with E-state index in [0.717, 1.165) is 25.6 Å². The number of hydrogen-bond donors (Lipinski definition) is 1. The first kappa shape index (κ1) is 15.9. The molecule has 0 unspecified atom stereocenters. The Morgan fingerprint density at radius 3 is 2.80 bits per heavy atom. The Balaban J connectivity index is 1.24. The molecule has 1 saturated carbocycles. The Morgan fingerprint density at radius 2 is 2.00 bits per heavy atom. The molecule has 0 spiro atoms. The Hall–Kier alpha value is -1.30. The number of nitrogens with zero attached hydrogens (tertiary/aromatic N) is 3. The van der Waals surface area contributed by atoms with E-state index >= 15 is 0 Å². The summed E-state index contributed by atoms with van der Waals surface area (Å²) in [6.07, 6.45) is 3.77. The van der Waals surface area contributed by atoms with Gasteiger partial charge in [-0.3, -0.25) is 4.90 Å². The summed E-state index contributed by atoms with van der Waals surface area (Å²) in [4.78, 5) is 2.60. The molecule has 5 rings (SSSR count). The molecule has 2 atom stereocenters. The molecule has 1 aromatic carbocycles. The fourth-order valence-corrected chi connectivity index (χ4v) is 5.85. The van der Waals surface area contributed by atoms with E-state index in [9.17, 15) is 0 Å². The quantitative estimate of drug-likeness (QED) is 0.916. The van der Waals surface area contributed by atoms with Crippen molar-refractivity contribution in [3.05, 3.63) is 45.4 Å². The first-order valence-electron chi connectivity index (χ1n) is 9.55. The van der Waals surface area contributed by atoms with Gasteiger partial charge in [0.2, 0.25) is 0 Å². The summed E-state index contributed by atoms with van der Waals surface area (Å²) >= 11 is 1.85. The van der Waals surface area contributed by atoms with E-state index < -0.39 is 0 Å². The van der Waals surface area contributed by atoms with Crippen LogP contribution in [0, 0.1) is 12.8 Å². The van der Waals surface area contributed by atoms with Crippen LogP contribution in [0.2, 0.25) is 0 Å². The van der Waals surface area contributed by atoms with Gasteiger partial charge in [-0.25, -0.2) is 0 Å². The van der Waals surface area contributed by atoms with Gasteiger partial charge in [-0.2, -0.15) is 0 Å². The van der Waals surface area contributed by atoms with Gasteiger partial charge in [0.25, 0.3) is 0 Å². The van der Waals surface area contributed by atoms with Crippen LogP contribution in [0.5, 0.6) is 0 Å². The lowest BCUT2D eigenvalue weighted by atomic mass is 9.94. The average Bonchev–Trinajstić information content (AvgIpc) is 2.98. The Labute approximate surface area is 153 Å². The second-order valence-corrected chi connectivity index (χ2v) is 9.24. The number of rotatable bonds is 4. The zero-order valence-corrected chi connectivity index (χ0v) is 15.7. The molecule has 2 aliphatic heterocycles. The van der Waals surface area contributed by atoms with Gasteiger partial charge in [-0.1, -0.05) is 41.2 Å². The minimum atomic E-state index is 0.427. The van der Waals surface area contributed by atoms with Crippen molar-refractivity contribution in [2.45, 2.75) is 44.1 Å². The van der Waals surface area contributed by atoms with Gasteiger partial charge in [0.05, 0.1) is 6.54 Å². The highest BCUT2D eigenvalue weighted by Gasteiger charge is 2.60. The second kappa shape index (κ2) is 6.15. The zero-order chi connectivity index (χ0) is 16.9. The fourth-order valence-electron chi connectivity index (χ4n) is 4.80. The number of likely N-dealkylation sites (tertiary alicyclic amines) is 1. The van der Waals surface area contributed by atoms with Crippen molar-refractivity contribution in [3.8, 4) is 0 Å². The number of fused-ring (bicyclic) bond motifs is 1. The summed E-state index contributed by atoms with van der Waals surface area (Å²) in [6.45, 7) is 7.78. The molecular formula is C20H26N4S. The van der Waals surface area contributed by atoms with Gasteiger partial charge in [0, 0.05) is 24.4 Å². The first-order chi connectivity index (χ1) is 12.2. The number of nitrogens with one attached hydrogen (secondary N) is 1. The van der Waals surface area contributed by atoms with Crippen LogP contribution in [-0.2, 0) is 12.0 Å². The second-order valence-electron chi connectivity index (χ2n) is 8.15. The van der Waals surface area contributed by atoms with Crippen molar-refractivity contribution >= 4 is 11.3 Å². The fraction of sp³-hybridized carbons (Fsp3) is 0.600. The number of piperidine rings is 2. The van der Waals surface area contributed by atoms with E-state index in [-0.39, 0.29) is 0 Å². The summed E-state index contributed by atoms with van der Waals surface area (Å²) in [5, 5.41) is 14.9. The van der Waals surface area contributed by atoms with E-state index in [2.05, 4.69) is 51.6 Å². The van der Waals surface area contributed by atoms with Crippen LogP contribution in [0.25, 0.3) is 0 Å². The maximum absolute atomic E-state index is 4.51. The van der Waals surface area contributed by atoms with E-state index in [0.29, 0.717) is 11.3 Å². The largest absolute Gasteiger partial charge is 0.317 e. The summed E-state index contributed by atoms with van der Waals surface area (Å²) in [6, 6.07) is 9.22. The number of hydrogen-bond acceptors (Lipinski definition) is 5. The number of aryl methyl sites for hydroxylation is 1. The van der Waals surface area contributed by atoms with Crippen LogP contribution in [0.3, 0.4) is 0 Å². The van der Waals surface area contributed by atoms with Gasteiger partial charge in [-0.15, -0.1) is 10.2 Å². The molecule has 132 valence electrons. The molecular weight excluding hydrogens is 328 g/mol. The topological polar surface area (TPSA) is 41.1 Å². The summed E-state index contributed by atoms with van der Waals surface area (Å²) in [5.74, 6) is 1.46. The summed E-state index contributed by atoms with van der Waals surface area (Å²) in [7, 11) is 0. The maximum atomic E-state index is 4.51. The predicted molar refractivity (Wildman–Crippen MR) is 101 cm³/mol. The number of benzene rings is 1.